The molecule has 0 spiro atoms. The van der Waals surface area contributed by atoms with E-state index in [1.54, 1.807) is 32.8 Å². The van der Waals surface area contributed by atoms with Crippen molar-refractivity contribution in [3.63, 3.8) is 0 Å². The molecule has 4 aromatic rings. The maximum absolute atomic E-state index is 9.60. The van der Waals surface area contributed by atoms with E-state index < -0.39 is 0 Å². The van der Waals surface area contributed by atoms with Crippen molar-refractivity contribution in [1.29, 1.82) is 5.26 Å². The Kier molecular flexibility index (Phi) is 4.52. The summed E-state index contributed by atoms with van der Waals surface area (Å²) in [6.07, 6.45) is 5.03. The van der Waals surface area contributed by atoms with Crippen molar-refractivity contribution in [3.05, 3.63) is 60.6 Å². The minimum atomic E-state index is 0.444. The Morgan fingerprint density at radius 2 is 1.86 bits per heavy atom. The predicted octanol–water partition coefficient (Wildman–Crippen LogP) is 4.26. The minimum absolute atomic E-state index is 0.444. The third-order valence-electron chi connectivity index (χ3n) is 4.47. The molecule has 0 bridgehead atoms. The van der Waals surface area contributed by atoms with Crippen LogP contribution in [0, 0.1) is 11.3 Å². The molecule has 0 fully saturated rings. The van der Waals surface area contributed by atoms with Gasteiger partial charge < -0.3 is 14.8 Å². The van der Waals surface area contributed by atoms with E-state index in [0.29, 0.717) is 22.7 Å². The van der Waals surface area contributed by atoms with Crippen LogP contribution in [0.4, 0.5) is 11.4 Å². The number of hydrogen-bond donors (Lipinski definition) is 2. The van der Waals surface area contributed by atoms with Gasteiger partial charge in [0.2, 0.25) is 0 Å². The number of fused-ring (bicyclic) bond motifs is 1. The van der Waals surface area contributed by atoms with Crippen molar-refractivity contribution < 1.29 is 9.47 Å². The summed E-state index contributed by atoms with van der Waals surface area (Å²) in [6, 6.07) is 13.6. The summed E-state index contributed by atoms with van der Waals surface area (Å²) in [5.74, 6) is 1.24. The van der Waals surface area contributed by atoms with E-state index >= 15 is 0 Å². The standard InChI is InChI=1S/C21H17N5O2/c1-27-19-6-3-13(8-20(19)28-2)17-12-23-10-15(9-22)21(17)25-16-4-5-18-14(7-16)11-24-26-18/h3-8,10-12H,1-2H3,(H,23,25)(H,24,26). The number of nitrogens with zero attached hydrogens (tertiary/aromatic N) is 3. The third-order valence-corrected chi connectivity index (χ3v) is 4.47. The van der Waals surface area contributed by atoms with Crippen molar-refractivity contribution in [2.45, 2.75) is 0 Å². The normalized spacial score (nSPS) is 10.5. The van der Waals surface area contributed by atoms with E-state index in [1.807, 2.05) is 36.4 Å². The average Bonchev–Trinajstić information content (AvgIpc) is 3.21. The largest absolute Gasteiger partial charge is 0.493 e. The van der Waals surface area contributed by atoms with Crippen LogP contribution in [-0.4, -0.2) is 29.4 Å². The topological polar surface area (TPSA) is 95.8 Å². The fourth-order valence-electron chi connectivity index (χ4n) is 3.07. The molecule has 4 rings (SSSR count). The number of benzene rings is 2. The van der Waals surface area contributed by atoms with Crippen molar-refractivity contribution in [2.75, 3.05) is 19.5 Å². The first-order valence-electron chi connectivity index (χ1n) is 8.54. The highest BCUT2D eigenvalue weighted by atomic mass is 16.5. The Morgan fingerprint density at radius 3 is 2.64 bits per heavy atom. The van der Waals surface area contributed by atoms with Crippen LogP contribution in [0.5, 0.6) is 11.5 Å². The molecule has 0 aliphatic heterocycles. The number of nitriles is 1. The minimum Gasteiger partial charge on any atom is -0.493 e. The second-order valence-corrected chi connectivity index (χ2v) is 6.09. The smallest absolute Gasteiger partial charge is 0.161 e. The summed E-state index contributed by atoms with van der Waals surface area (Å²) in [6.45, 7) is 0. The van der Waals surface area contributed by atoms with Crippen molar-refractivity contribution in [2.24, 2.45) is 0 Å². The summed E-state index contributed by atoms with van der Waals surface area (Å²) in [5, 5.41) is 20.9. The van der Waals surface area contributed by atoms with Crippen LogP contribution in [-0.2, 0) is 0 Å². The van der Waals surface area contributed by atoms with Gasteiger partial charge in [0.05, 0.1) is 37.2 Å². The van der Waals surface area contributed by atoms with Gasteiger partial charge in [-0.25, -0.2) is 0 Å². The van der Waals surface area contributed by atoms with E-state index in [-0.39, 0.29) is 0 Å². The molecule has 0 aliphatic carbocycles. The zero-order chi connectivity index (χ0) is 19.5. The Labute approximate surface area is 161 Å². The molecule has 0 amide bonds. The first-order chi connectivity index (χ1) is 13.7. The number of hydrogen-bond acceptors (Lipinski definition) is 6. The summed E-state index contributed by atoms with van der Waals surface area (Å²) in [7, 11) is 3.18. The lowest BCUT2D eigenvalue weighted by Crippen LogP contribution is -1.99. The Morgan fingerprint density at radius 1 is 1.00 bits per heavy atom. The van der Waals surface area contributed by atoms with Gasteiger partial charge in [0.1, 0.15) is 6.07 Å². The second-order valence-electron chi connectivity index (χ2n) is 6.09. The summed E-state index contributed by atoms with van der Waals surface area (Å²) in [4.78, 5) is 4.22. The molecule has 0 radical (unpaired) electrons. The average molecular weight is 371 g/mol. The van der Waals surface area contributed by atoms with Crippen molar-refractivity contribution in [3.8, 4) is 28.7 Å². The molecule has 0 atom stereocenters. The van der Waals surface area contributed by atoms with Crippen molar-refractivity contribution in [1.82, 2.24) is 15.2 Å². The summed E-state index contributed by atoms with van der Waals surface area (Å²) in [5.41, 5.74) is 4.55. The Bertz CT molecular complexity index is 1190. The second kappa shape index (κ2) is 7.29. The molecule has 2 aromatic heterocycles. The molecule has 2 N–H and O–H groups in total. The molecule has 28 heavy (non-hydrogen) atoms. The summed E-state index contributed by atoms with van der Waals surface area (Å²) >= 11 is 0. The number of pyridine rings is 1. The number of ether oxygens (including phenoxy) is 2. The molecule has 0 unspecified atom stereocenters. The predicted molar refractivity (Wildman–Crippen MR) is 107 cm³/mol. The van der Waals surface area contributed by atoms with E-state index in [9.17, 15) is 5.26 Å². The SMILES string of the molecule is COc1ccc(-c2cncc(C#N)c2Nc2ccc3[nH]ncc3c2)cc1OC. The van der Waals surface area contributed by atoms with Gasteiger partial charge in [-0.3, -0.25) is 10.1 Å². The monoisotopic (exact) mass is 371 g/mol. The fourth-order valence-corrected chi connectivity index (χ4v) is 3.07. The first-order valence-corrected chi connectivity index (χ1v) is 8.54. The summed E-state index contributed by atoms with van der Waals surface area (Å²) < 4.78 is 10.7. The van der Waals surface area contributed by atoms with E-state index in [4.69, 9.17) is 9.47 Å². The van der Waals surface area contributed by atoms with Gasteiger partial charge in [-0.2, -0.15) is 10.4 Å². The van der Waals surface area contributed by atoms with Gasteiger partial charge in [-0.15, -0.1) is 0 Å². The lowest BCUT2D eigenvalue weighted by Gasteiger charge is -2.15. The molecule has 7 nitrogen and oxygen atoms in total. The van der Waals surface area contributed by atoms with Gasteiger partial charge in [-0.05, 0) is 35.9 Å². The number of rotatable bonds is 5. The Hall–Kier alpha value is -4.05. The molecule has 0 saturated heterocycles. The van der Waals surface area contributed by atoms with E-state index in [1.165, 1.54) is 0 Å². The molecule has 2 heterocycles. The van der Waals surface area contributed by atoms with Crippen LogP contribution in [0.25, 0.3) is 22.0 Å². The number of aromatic amines is 1. The van der Waals surface area contributed by atoms with Crippen molar-refractivity contribution >= 4 is 22.3 Å². The van der Waals surface area contributed by atoms with Gasteiger partial charge >= 0.3 is 0 Å². The van der Waals surface area contributed by atoms with E-state index in [2.05, 4.69) is 26.6 Å². The fraction of sp³-hybridized carbons (Fsp3) is 0.0952. The maximum atomic E-state index is 9.60. The zero-order valence-corrected chi connectivity index (χ0v) is 15.4. The van der Waals surface area contributed by atoms with Gasteiger partial charge in [0, 0.05) is 29.0 Å². The molecule has 2 aromatic carbocycles. The maximum Gasteiger partial charge on any atom is 0.161 e. The molecule has 138 valence electrons. The quantitative estimate of drug-likeness (QED) is 0.544. The van der Waals surface area contributed by atoms with Crippen LogP contribution in [0.3, 0.4) is 0 Å². The van der Waals surface area contributed by atoms with Crippen LogP contribution in [0.15, 0.2) is 55.0 Å². The molecule has 0 aliphatic rings. The highest BCUT2D eigenvalue weighted by Crippen LogP contribution is 2.37. The van der Waals surface area contributed by atoms with Crippen LogP contribution in [0.1, 0.15) is 5.56 Å². The molecule has 0 saturated carbocycles. The highest BCUT2D eigenvalue weighted by Gasteiger charge is 2.14. The number of H-pyrrole nitrogens is 1. The van der Waals surface area contributed by atoms with E-state index in [0.717, 1.165) is 27.7 Å². The highest BCUT2D eigenvalue weighted by molar-refractivity contribution is 5.88. The number of methoxy groups -OCH3 is 2. The lowest BCUT2D eigenvalue weighted by atomic mass is 10.0. The number of nitrogens with one attached hydrogen (secondary N) is 2. The number of aromatic nitrogens is 3. The van der Waals surface area contributed by atoms with Gasteiger partial charge in [-0.1, -0.05) is 6.07 Å². The number of anilines is 2. The van der Waals surface area contributed by atoms with Crippen LogP contribution < -0.4 is 14.8 Å². The first kappa shape index (κ1) is 17.4. The molecular weight excluding hydrogens is 354 g/mol. The van der Waals surface area contributed by atoms with Gasteiger partial charge in [0.25, 0.3) is 0 Å². The lowest BCUT2D eigenvalue weighted by molar-refractivity contribution is 0.355. The Balaban J connectivity index is 1.82. The molecule has 7 heteroatoms. The third kappa shape index (κ3) is 3.08. The van der Waals surface area contributed by atoms with Crippen LogP contribution >= 0.6 is 0 Å². The van der Waals surface area contributed by atoms with Crippen LogP contribution in [0.2, 0.25) is 0 Å². The zero-order valence-electron chi connectivity index (χ0n) is 15.4. The molecular formula is C21H17N5O2. The van der Waals surface area contributed by atoms with Gasteiger partial charge in [0.15, 0.2) is 11.5 Å².